The molecule has 2 unspecified atom stereocenters. The molecule has 5 nitrogen and oxygen atoms in total. The maximum Gasteiger partial charge on any atom is 0.334 e. The molecular weight excluding hydrogens is 260 g/mol. The number of esters is 2. The molecule has 0 aromatic heterocycles. The van der Waals surface area contributed by atoms with Gasteiger partial charge < -0.3 is 14.2 Å². The van der Waals surface area contributed by atoms with E-state index in [1.165, 1.54) is 0 Å². The topological polar surface area (TPSA) is 61.8 Å². The van der Waals surface area contributed by atoms with Crippen LogP contribution in [-0.4, -0.2) is 25.2 Å². The predicted molar refractivity (Wildman–Crippen MR) is 71.0 cm³/mol. The number of carbonyl (C=O) groups excluding carboxylic acids is 2. The maximum absolute atomic E-state index is 12.0. The van der Waals surface area contributed by atoms with Crippen LogP contribution in [0.1, 0.15) is 12.5 Å². The van der Waals surface area contributed by atoms with Crippen LogP contribution in [-0.2, 0) is 25.7 Å². The molecule has 0 N–H and O–H groups in total. The lowest BCUT2D eigenvalue weighted by Gasteiger charge is -2.13. The summed E-state index contributed by atoms with van der Waals surface area (Å²) >= 11 is 0. The summed E-state index contributed by atoms with van der Waals surface area (Å²) in [6, 6.07) is 7.18. The van der Waals surface area contributed by atoms with Crippen LogP contribution in [0.25, 0.3) is 0 Å². The first-order chi connectivity index (χ1) is 9.52. The van der Waals surface area contributed by atoms with Crippen molar-refractivity contribution in [3.8, 4) is 5.75 Å². The molecule has 2 atom stereocenters. The molecular formula is C15H16O5. The van der Waals surface area contributed by atoms with Gasteiger partial charge in [-0.15, -0.1) is 0 Å². The van der Waals surface area contributed by atoms with Gasteiger partial charge in [0.05, 0.1) is 7.11 Å². The Morgan fingerprint density at radius 2 is 2.00 bits per heavy atom. The summed E-state index contributed by atoms with van der Waals surface area (Å²) in [5, 5.41) is 0. The minimum Gasteiger partial charge on any atom is -0.497 e. The lowest BCUT2D eigenvalue weighted by Crippen LogP contribution is -2.24. The SMILES string of the molecule is C=C1C(=O)OC(C)C1C(=O)OCc1ccc(OC)cc1. The van der Waals surface area contributed by atoms with Crippen molar-refractivity contribution in [1.29, 1.82) is 0 Å². The lowest BCUT2D eigenvalue weighted by atomic mass is 9.99. The Kier molecular flexibility index (Phi) is 4.08. The summed E-state index contributed by atoms with van der Waals surface area (Å²) in [6.07, 6.45) is -0.529. The van der Waals surface area contributed by atoms with E-state index in [-0.39, 0.29) is 12.2 Å². The molecule has 1 saturated heterocycles. The molecule has 5 heteroatoms. The summed E-state index contributed by atoms with van der Waals surface area (Å²) in [6.45, 7) is 5.35. The van der Waals surface area contributed by atoms with Gasteiger partial charge in [0.15, 0.2) is 0 Å². The van der Waals surface area contributed by atoms with Gasteiger partial charge in [-0.2, -0.15) is 0 Å². The van der Waals surface area contributed by atoms with E-state index < -0.39 is 24.0 Å². The second kappa shape index (κ2) is 5.77. The molecule has 1 aliphatic heterocycles. The minimum atomic E-state index is -0.722. The first kappa shape index (κ1) is 14.1. The van der Waals surface area contributed by atoms with Crippen LogP contribution >= 0.6 is 0 Å². The van der Waals surface area contributed by atoms with E-state index >= 15 is 0 Å². The number of carbonyl (C=O) groups is 2. The van der Waals surface area contributed by atoms with Gasteiger partial charge in [-0.05, 0) is 24.6 Å². The van der Waals surface area contributed by atoms with Crippen molar-refractivity contribution in [3.05, 3.63) is 42.0 Å². The standard InChI is InChI=1S/C15H16O5/c1-9-13(10(2)20-14(9)16)15(17)19-8-11-4-6-12(18-3)7-5-11/h4-7,10,13H,1,8H2,2-3H3. The molecule has 1 aromatic carbocycles. The number of rotatable bonds is 4. The van der Waals surface area contributed by atoms with Crippen molar-refractivity contribution >= 4 is 11.9 Å². The minimum absolute atomic E-state index is 0.132. The van der Waals surface area contributed by atoms with E-state index in [0.29, 0.717) is 0 Å². The molecule has 0 amide bonds. The number of methoxy groups -OCH3 is 1. The van der Waals surface area contributed by atoms with E-state index in [1.54, 1.807) is 38.3 Å². The van der Waals surface area contributed by atoms with Crippen LogP contribution < -0.4 is 4.74 Å². The Morgan fingerprint density at radius 1 is 1.35 bits per heavy atom. The van der Waals surface area contributed by atoms with E-state index in [9.17, 15) is 9.59 Å². The number of ether oxygens (including phenoxy) is 3. The van der Waals surface area contributed by atoms with Gasteiger partial charge in [-0.25, -0.2) is 4.79 Å². The molecule has 20 heavy (non-hydrogen) atoms. The first-order valence-corrected chi connectivity index (χ1v) is 6.22. The third kappa shape index (κ3) is 2.82. The molecule has 2 rings (SSSR count). The normalized spacial score (nSPS) is 21.5. The van der Waals surface area contributed by atoms with E-state index in [0.717, 1.165) is 11.3 Å². The van der Waals surface area contributed by atoms with Crippen LogP contribution in [0.15, 0.2) is 36.4 Å². The molecule has 1 heterocycles. The Morgan fingerprint density at radius 3 is 2.50 bits per heavy atom. The average molecular weight is 276 g/mol. The fourth-order valence-corrected chi connectivity index (χ4v) is 2.02. The highest BCUT2D eigenvalue weighted by atomic mass is 16.6. The van der Waals surface area contributed by atoms with Gasteiger partial charge in [-0.3, -0.25) is 4.79 Å². The molecule has 0 saturated carbocycles. The highest BCUT2D eigenvalue weighted by molar-refractivity contribution is 5.98. The van der Waals surface area contributed by atoms with E-state index in [1.807, 2.05) is 0 Å². The fraction of sp³-hybridized carbons (Fsp3) is 0.333. The maximum atomic E-state index is 12.0. The van der Waals surface area contributed by atoms with Crippen LogP contribution in [0, 0.1) is 5.92 Å². The number of hydrogen-bond donors (Lipinski definition) is 0. The van der Waals surface area contributed by atoms with Crippen LogP contribution in [0.3, 0.4) is 0 Å². The van der Waals surface area contributed by atoms with Gasteiger partial charge in [0.2, 0.25) is 0 Å². The second-order valence-corrected chi connectivity index (χ2v) is 4.57. The summed E-state index contributed by atoms with van der Waals surface area (Å²) in [7, 11) is 1.58. The average Bonchev–Trinajstić information content (AvgIpc) is 2.70. The molecule has 0 bridgehead atoms. The molecule has 106 valence electrons. The zero-order valence-corrected chi connectivity index (χ0v) is 11.4. The summed E-state index contributed by atoms with van der Waals surface area (Å²) in [5.41, 5.74) is 0.986. The van der Waals surface area contributed by atoms with Gasteiger partial charge in [0.25, 0.3) is 0 Å². The van der Waals surface area contributed by atoms with Crippen molar-refractivity contribution < 1.29 is 23.8 Å². The number of cyclic esters (lactones) is 1. The van der Waals surface area contributed by atoms with Gasteiger partial charge in [0.1, 0.15) is 24.4 Å². The summed E-state index contributed by atoms with van der Waals surface area (Å²) < 4.78 is 15.2. The smallest absolute Gasteiger partial charge is 0.334 e. The third-order valence-electron chi connectivity index (χ3n) is 3.19. The molecule has 1 aliphatic rings. The second-order valence-electron chi connectivity index (χ2n) is 4.57. The van der Waals surface area contributed by atoms with Crippen LogP contribution in [0.2, 0.25) is 0 Å². The van der Waals surface area contributed by atoms with Crippen molar-refractivity contribution in [1.82, 2.24) is 0 Å². The molecule has 0 radical (unpaired) electrons. The Hall–Kier alpha value is -2.30. The zero-order chi connectivity index (χ0) is 14.7. The highest BCUT2D eigenvalue weighted by Crippen LogP contribution is 2.27. The first-order valence-electron chi connectivity index (χ1n) is 6.22. The van der Waals surface area contributed by atoms with E-state index in [2.05, 4.69) is 6.58 Å². The predicted octanol–water partition coefficient (Wildman–Crippen LogP) is 1.86. The van der Waals surface area contributed by atoms with Gasteiger partial charge in [0, 0.05) is 5.57 Å². The van der Waals surface area contributed by atoms with Gasteiger partial charge in [-0.1, -0.05) is 18.7 Å². The van der Waals surface area contributed by atoms with E-state index in [4.69, 9.17) is 14.2 Å². The zero-order valence-electron chi connectivity index (χ0n) is 11.4. The van der Waals surface area contributed by atoms with Crippen molar-refractivity contribution in [2.75, 3.05) is 7.11 Å². The summed E-state index contributed by atoms with van der Waals surface area (Å²) in [4.78, 5) is 23.3. The molecule has 1 fully saturated rings. The summed E-state index contributed by atoms with van der Waals surface area (Å²) in [5.74, 6) is -1.02. The van der Waals surface area contributed by atoms with Crippen molar-refractivity contribution in [2.24, 2.45) is 5.92 Å². The largest absolute Gasteiger partial charge is 0.497 e. The third-order valence-corrected chi connectivity index (χ3v) is 3.19. The van der Waals surface area contributed by atoms with Crippen molar-refractivity contribution in [2.45, 2.75) is 19.6 Å². The molecule has 0 aliphatic carbocycles. The van der Waals surface area contributed by atoms with Gasteiger partial charge >= 0.3 is 11.9 Å². The number of benzene rings is 1. The van der Waals surface area contributed by atoms with Crippen LogP contribution in [0.4, 0.5) is 0 Å². The lowest BCUT2D eigenvalue weighted by molar-refractivity contribution is -0.150. The van der Waals surface area contributed by atoms with Crippen molar-refractivity contribution in [3.63, 3.8) is 0 Å². The quantitative estimate of drug-likeness (QED) is 0.620. The molecule has 1 aromatic rings. The fourth-order valence-electron chi connectivity index (χ4n) is 2.02. The monoisotopic (exact) mass is 276 g/mol. The molecule has 0 spiro atoms. The Balaban J connectivity index is 1.94. The van der Waals surface area contributed by atoms with Crippen LogP contribution in [0.5, 0.6) is 5.75 Å². The highest BCUT2D eigenvalue weighted by Gasteiger charge is 2.41. The Labute approximate surface area is 117 Å². The number of hydrogen-bond acceptors (Lipinski definition) is 5. The Bertz CT molecular complexity index is 532.